The van der Waals surface area contributed by atoms with Gasteiger partial charge in [0.05, 0.1) is 42.4 Å². The monoisotopic (exact) mass is 1000 g/mol. The van der Waals surface area contributed by atoms with E-state index in [0.29, 0.717) is 38.5 Å². The molecule has 1 spiro atoms. The Balaban J connectivity index is 1.02. The second-order valence-corrected chi connectivity index (χ2v) is 23.4. The van der Waals surface area contributed by atoms with E-state index in [2.05, 4.69) is 56.6 Å². The number of hydrogen-bond donors (Lipinski definition) is 5. The standard InChI is InChI=1S/C58H85N3O11/c1-36-30-39(4)49(63)46(69-10)33-37(2)31-41-48(43(62)34-42(50(41)64)61-51(65)38(3)16-15-17-44(68-9)45(32-36)72-52(59)66)60-27-14-12-11-13-20-57(67)25-22-55(7)47-19-18-40-35-58(70-28-29-71-58)26-23-53(40,5)54(47,6)21-24-56(55,57)8/h13,15-18,20,30,34,37,39,44-47,49,60,63,67H,11-12,14,19,21-29,31-33,35H2,1-10H3,(H2,59,66)(H,61,65)/b17-15-,20-13+,36-30+,38-16+/t37-,39+,44-,45-,46-,47?,49-,53-,54-,55-,56-,57-/m0/s1. The molecule has 2 bridgehead atoms. The summed E-state index contributed by atoms with van der Waals surface area (Å²) in [5.41, 5.74) is 7.34. The quantitative estimate of drug-likeness (QED) is 0.0793. The maximum atomic E-state index is 14.3. The van der Waals surface area contributed by atoms with Gasteiger partial charge in [0.15, 0.2) is 5.79 Å². The van der Waals surface area contributed by atoms with E-state index in [4.69, 9.17) is 29.4 Å². The summed E-state index contributed by atoms with van der Waals surface area (Å²) in [5.74, 6) is -2.03. The van der Waals surface area contributed by atoms with Gasteiger partial charge in [-0.15, -0.1) is 0 Å². The summed E-state index contributed by atoms with van der Waals surface area (Å²) in [5, 5.41) is 30.1. The zero-order valence-corrected chi connectivity index (χ0v) is 44.8. The lowest BCUT2D eigenvalue weighted by Crippen LogP contribution is -2.63. The number of unbranched alkanes of at least 4 members (excludes halogenated alkanes) is 2. The third kappa shape index (κ3) is 10.6. The van der Waals surface area contributed by atoms with Crippen LogP contribution in [0.25, 0.3) is 0 Å². The number of Topliss-reactive ketones (excluding diaryl/α,β-unsaturated/α-hetero) is 1. The predicted octanol–water partition coefficient (Wildman–Crippen LogP) is 8.69. The van der Waals surface area contributed by atoms with Gasteiger partial charge < -0.3 is 50.3 Å². The molecule has 12 atom stereocenters. The van der Waals surface area contributed by atoms with Crippen molar-refractivity contribution in [3.8, 4) is 0 Å². The van der Waals surface area contributed by atoms with Crippen LogP contribution in [0.3, 0.4) is 0 Å². The van der Waals surface area contributed by atoms with E-state index in [9.17, 15) is 29.4 Å². The number of methoxy groups -OCH3 is 2. The molecule has 398 valence electrons. The molecular weight excluding hydrogens is 915 g/mol. The number of nitrogens with two attached hydrogens (primary N) is 1. The molecule has 14 heteroatoms. The predicted molar refractivity (Wildman–Crippen MR) is 276 cm³/mol. The second kappa shape index (κ2) is 22.0. The molecule has 2 heterocycles. The number of rotatable bonds is 10. The lowest BCUT2D eigenvalue weighted by Gasteiger charge is -2.68. The van der Waals surface area contributed by atoms with Crippen LogP contribution in [-0.2, 0) is 38.1 Å². The van der Waals surface area contributed by atoms with Gasteiger partial charge in [0.1, 0.15) is 12.2 Å². The molecule has 7 aliphatic rings. The summed E-state index contributed by atoms with van der Waals surface area (Å²) in [4.78, 5) is 53.6. The van der Waals surface area contributed by atoms with Crippen LogP contribution in [0.2, 0.25) is 0 Å². The van der Waals surface area contributed by atoms with Crippen LogP contribution in [0.5, 0.6) is 0 Å². The highest BCUT2D eigenvalue weighted by Gasteiger charge is 2.72. The van der Waals surface area contributed by atoms with E-state index in [1.807, 2.05) is 26.8 Å². The maximum Gasteiger partial charge on any atom is 0.404 e. The van der Waals surface area contributed by atoms with Gasteiger partial charge >= 0.3 is 6.09 Å². The summed E-state index contributed by atoms with van der Waals surface area (Å²) in [7, 11) is 3.00. The second-order valence-electron chi connectivity index (χ2n) is 23.4. The van der Waals surface area contributed by atoms with Gasteiger partial charge in [-0.05, 0) is 113 Å². The largest absolute Gasteiger partial charge is 0.443 e. The average Bonchev–Trinajstić information content (AvgIpc) is 3.87. The van der Waals surface area contributed by atoms with Crippen molar-refractivity contribution in [1.29, 1.82) is 0 Å². The molecule has 5 aliphatic carbocycles. The number of fused-ring (bicyclic) bond motifs is 7. The summed E-state index contributed by atoms with van der Waals surface area (Å²) in [6.07, 6.45) is 21.3. The molecule has 7 rings (SSSR count). The fourth-order valence-corrected chi connectivity index (χ4v) is 14.4. The highest BCUT2D eigenvalue weighted by atomic mass is 16.7. The van der Waals surface area contributed by atoms with Crippen molar-refractivity contribution in [2.24, 2.45) is 45.1 Å². The Morgan fingerprint density at radius 2 is 1.67 bits per heavy atom. The third-order valence-electron chi connectivity index (χ3n) is 19.2. The Morgan fingerprint density at radius 1 is 0.944 bits per heavy atom. The number of ketones is 2. The number of primary amides is 1. The minimum atomic E-state index is -0.968. The van der Waals surface area contributed by atoms with E-state index in [1.54, 1.807) is 19.1 Å². The van der Waals surface area contributed by atoms with Gasteiger partial charge in [-0.25, -0.2) is 4.79 Å². The summed E-state index contributed by atoms with van der Waals surface area (Å²) >= 11 is 0. The molecule has 1 unspecified atom stereocenters. The highest BCUT2D eigenvalue weighted by molar-refractivity contribution is 6.23. The molecule has 6 N–H and O–H groups in total. The summed E-state index contributed by atoms with van der Waals surface area (Å²) < 4.78 is 29.3. The van der Waals surface area contributed by atoms with Crippen molar-refractivity contribution in [2.75, 3.05) is 34.0 Å². The van der Waals surface area contributed by atoms with Crippen LogP contribution >= 0.6 is 0 Å². The molecular formula is C58H85N3O11. The van der Waals surface area contributed by atoms with Crippen molar-refractivity contribution in [1.82, 2.24) is 10.6 Å². The molecule has 14 nitrogen and oxygen atoms in total. The van der Waals surface area contributed by atoms with Crippen LogP contribution in [0.1, 0.15) is 145 Å². The number of aliphatic hydroxyl groups is 2. The Bertz CT molecular complexity index is 2310. The van der Waals surface area contributed by atoms with Crippen LogP contribution in [0, 0.1) is 39.4 Å². The van der Waals surface area contributed by atoms with Gasteiger partial charge in [-0.3, -0.25) is 14.4 Å². The number of carbonyl (C=O) groups is 4. The van der Waals surface area contributed by atoms with Gasteiger partial charge in [-0.1, -0.05) is 95.2 Å². The molecule has 4 fully saturated rings. The lowest BCUT2D eigenvalue weighted by atomic mass is 9.36. The summed E-state index contributed by atoms with van der Waals surface area (Å²) in [6.45, 7) is 18.9. The number of hydrogen-bond acceptors (Lipinski definition) is 12. The topological polar surface area (TPSA) is 205 Å². The van der Waals surface area contributed by atoms with E-state index >= 15 is 0 Å². The van der Waals surface area contributed by atoms with E-state index < -0.39 is 59.4 Å². The van der Waals surface area contributed by atoms with Crippen molar-refractivity contribution in [2.45, 2.75) is 181 Å². The number of aliphatic hydroxyl groups excluding tert-OH is 1. The number of carbonyl (C=O) groups excluding carboxylic acids is 4. The third-order valence-corrected chi connectivity index (χ3v) is 19.2. The van der Waals surface area contributed by atoms with Crippen molar-refractivity contribution < 1.29 is 53.1 Å². The van der Waals surface area contributed by atoms with Gasteiger partial charge in [0.25, 0.3) is 5.91 Å². The van der Waals surface area contributed by atoms with E-state index in [-0.39, 0.29) is 68.9 Å². The van der Waals surface area contributed by atoms with Crippen LogP contribution < -0.4 is 16.4 Å². The molecule has 72 heavy (non-hydrogen) atoms. The van der Waals surface area contributed by atoms with Gasteiger partial charge in [0, 0.05) is 68.6 Å². The highest BCUT2D eigenvalue weighted by Crippen LogP contribution is 2.77. The molecule has 2 amide bonds. The first-order valence-corrected chi connectivity index (χ1v) is 26.7. The smallest absolute Gasteiger partial charge is 0.404 e. The SMILES string of the molecule is CO[C@H]1/C=C\C=C(/C)C(=O)NC2=CC(=O)C(NCCCC/C=C/[C@]3(O)CC[C@@]4(C)C5CC=C6CC7(CC[C@]6(C)[C@@]5(C)CC[C@@]43C)OCCO7)=C(C[C@H](C)C[C@H](OC)[C@@H](O)[C@H](C)/C=C(\C)C[C@@H]1OC(N)=O)C2=O. The first-order chi connectivity index (χ1) is 34.0. The Labute approximate surface area is 428 Å². The Hall–Kier alpha value is -4.18. The fraction of sp³-hybridized carbons (Fsp3) is 0.690. The van der Waals surface area contributed by atoms with Crippen LogP contribution in [0.4, 0.5) is 4.79 Å². The fourth-order valence-electron chi connectivity index (χ4n) is 14.4. The van der Waals surface area contributed by atoms with E-state index in [1.165, 1.54) is 31.9 Å². The molecule has 2 aliphatic heterocycles. The minimum Gasteiger partial charge on any atom is -0.443 e. The van der Waals surface area contributed by atoms with Crippen LogP contribution in [0.15, 0.2) is 82.3 Å². The number of amides is 2. The Kier molecular flexibility index (Phi) is 16.9. The number of nitrogens with one attached hydrogen (secondary N) is 2. The molecule has 1 saturated heterocycles. The molecule has 0 aromatic rings. The van der Waals surface area contributed by atoms with E-state index in [0.717, 1.165) is 69.8 Å². The molecule has 0 radical (unpaired) electrons. The summed E-state index contributed by atoms with van der Waals surface area (Å²) in [6, 6.07) is 0. The first-order valence-electron chi connectivity index (χ1n) is 26.7. The van der Waals surface area contributed by atoms with Crippen molar-refractivity contribution in [3.63, 3.8) is 0 Å². The zero-order valence-electron chi connectivity index (χ0n) is 44.8. The number of allylic oxidation sites excluding steroid dienone is 6. The van der Waals surface area contributed by atoms with Gasteiger partial charge in [0.2, 0.25) is 11.6 Å². The average molecular weight is 1000 g/mol. The normalized spacial score (nSPS) is 40.7. The molecule has 3 saturated carbocycles. The van der Waals surface area contributed by atoms with Crippen molar-refractivity contribution >= 4 is 23.6 Å². The molecule has 0 aromatic carbocycles. The van der Waals surface area contributed by atoms with Crippen molar-refractivity contribution in [3.05, 3.63) is 82.3 Å². The number of ether oxygens (including phenoxy) is 5. The van der Waals surface area contributed by atoms with Crippen LogP contribution in [-0.4, -0.2) is 104 Å². The molecule has 0 aromatic heterocycles. The zero-order chi connectivity index (χ0) is 52.4. The van der Waals surface area contributed by atoms with Gasteiger partial charge in [-0.2, -0.15) is 0 Å². The maximum absolute atomic E-state index is 14.3. The minimum absolute atomic E-state index is 0.0324. The first kappa shape index (κ1) is 55.6. The lowest BCUT2D eigenvalue weighted by molar-refractivity contribution is -0.214. The Morgan fingerprint density at radius 3 is 2.36 bits per heavy atom.